The van der Waals surface area contributed by atoms with Crippen LogP contribution >= 0.6 is 0 Å². The molecular weight excluding hydrogens is 148 g/mol. The van der Waals surface area contributed by atoms with Gasteiger partial charge in [0, 0.05) is 12.4 Å². The normalized spacial score (nSPS) is 22.8. The quantitative estimate of drug-likeness (QED) is 0.707. The van der Waals surface area contributed by atoms with Crippen molar-refractivity contribution in [2.24, 2.45) is 5.92 Å². The number of pyridine rings is 1. The lowest BCUT2D eigenvalue weighted by atomic mass is 10.00. The number of hydrogen-bond donors (Lipinski definition) is 1. The lowest BCUT2D eigenvalue weighted by Crippen LogP contribution is -2.10. The zero-order valence-electron chi connectivity index (χ0n) is 7.16. The first-order valence-electron chi connectivity index (χ1n) is 4.55. The van der Waals surface area contributed by atoms with Crippen molar-refractivity contribution in [1.29, 1.82) is 0 Å². The van der Waals surface area contributed by atoms with Crippen LogP contribution in [0.15, 0.2) is 24.5 Å². The summed E-state index contributed by atoms with van der Waals surface area (Å²) in [6, 6.07) is 4.22. The Morgan fingerprint density at radius 3 is 2.92 bits per heavy atom. The highest BCUT2D eigenvalue weighted by atomic mass is 14.9. The summed E-state index contributed by atoms with van der Waals surface area (Å²) in [6.45, 7) is 2.37. The van der Waals surface area contributed by atoms with E-state index >= 15 is 0 Å². The maximum atomic E-state index is 4.00. The molecule has 0 saturated carbocycles. The minimum absolute atomic E-state index is 0.840. The van der Waals surface area contributed by atoms with Crippen molar-refractivity contribution >= 4 is 0 Å². The van der Waals surface area contributed by atoms with Crippen molar-refractivity contribution in [3.8, 4) is 0 Å². The fourth-order valence-electron chi connectivity index (χ4n) is 1.74. The van der Waals surface area contributed by atoms with Crippen LogP contribution in [0, 0.1) is 5.92 Å². The van der Waals surface area contributed by atoms with Crippen molar-refractivity contribution < 1.29 is 0 Å². The largest absolute Gasteiger partial charge is 0.316 e. The SMILES string of the molecule is c1cc(C[C@H]2CCNC2)ccn1. The lowest BCUT2D eigenvalue weighted by molar-refractivity contribution is 0.580. The van der Waals surface area contributed by atoms with E-state index in [1.165, 1.54) is 31.5 Å². The van der Waals surface area contributed by atoms with Gasteiger partial charge in [0.1, 0.15) is 0 Å². The summed E-state index contributed by atoms with van der Waals surface area (Å²) in [5.74, 6) is 0.840. The van der Waals surface area contributed by atoms with Crippen molar-refractivity contribution in [3.05, 3.63) is 30.1 Å². The number of aromatic nitrogens is 1. The summed E-state index contributed by atoms with van der Waals surface area (Å²) in [7, 11) is 0. The molecule has 1 N–H and O–H groups in total. The maximum Gasteiger partial charge on any atom is 0.0270 e. The molecule has 0 amide bonds. The van der Waals surface area contributed by atoms with E-state index in [0.717, 1.165) is 5.92 Å². The van der Waals surface area contributed by atoms with Crippen LogP contribution in [-0.4, -0.2) is 18.1 Å². The van der Waals surface area contributed by atoms with Crippen LogP contribution in [0.25, 0.3) is 0 Å². The average Bonchev–Trinajstić information content (AvgIpc) is 2.59. The first-order valence-corrected chi connectivity index (χ1v) is 4.55. The third-order valence-electron chi connectivity index (χ3n) is 2.44. The molecule has 0 bridgehead atoms. The molecule has 1 atom stereocenters. The molecule has 2 rings (SSSR count). The Hall–Kier alpha value is -0.890. The van der Waals surface area contributed by atoms with Gasteiger partial charge in [-0.05, 0) is 49.5 Å². The van der Waals surface area contributed by atoms with Crippen LogP contribution in [-0.2, 0) is 6.42 Å². The number of rotatable bonds is 2. The molecule has 1 saturated heterocycles. The molecule has 0 aliphatic carbocycles. The molecule has 1 aromatic rings. The Bertz CT molecular complexity index is 227. The second-order valence-corrected chi connectivity index (χ2v) is 3.42. The van der Waals surface area contributed by atoms with E-state index < -0.39 is 0 Å². The zero-order valence-corrected chi connectivity index (χ0v) is 7.16. The highest BCUT2D eigenvalue weighted by Crippen LogP contribution is 2.13. The summed E-state index contributed by atoms with van der Waals surface area (Å²) in [6.07, 6.45) is 6.27. The topological polar surface area (TPSA) is 24.9 Å². The molecule has 0 unspecified atom stereocenters. The first-order chi connectivity index (χ1) is 5.95. The molecule has 2 heteroatoms. The van der Waals surface area contributed by atoms with Gasteiger partial charge in [-0.25, -0.2) is 0 Å². The molecule has 0 radical (unpaired) electrons. The van der Waals surface area contributed by atoms with E-state index in [0.29, 0.717) is 0 Å². The Labute approximate surface area is 73.0 Å². The van der Waals surface area contributed by atoms with Gasteiger partial charge in [0.25, 0.3) is 0 Å². The van der Waals surface area contributed by atoms with E-state index in [9.17, 15) is 0 Å². The van der Waals surface area contributed by atoms with E-state index in [1.54, 1.807) is 0 Å². The summed E-state index contributed by atoms with van der Waals surface area (Å²) >= 11 is 0. The molecule has 1 aromatic heterocycles. The Morgan fingerprint density at radius 2 is 2.25 bits per heavy atom. The van der Waals surface area contributed by atoms with Crippen LogP contribution in [0.1, 0.15) is 12.0 Å². The standard InChI is InChI=1S/C10H14N2/c1-4-11-5-2-9(1)7-10-3-6-12-8-10/h1-2,4-5,10,12H,3,6-8H2/t10-/m1/s1. The second kappa shape index (κ2) is 3.68. The molecule has 1 aliphatic heterocycles. The molecule has 0 aromatic carbocycles. The molecular formula is C10H14N2. The van der Waals surface area contributed by atoms with Crippen LogP contribution < -0.4 is 5.32 Å². The van der Waals surface area contributed by atoms with Gasteiger partial charge in [-0.1, -0.05) is 0 Å². The molecule has 0 spiro atoms. The molecule has 64 valence electrons. The lowest BCUT2D eigenvalue weighted by Gasteiger charge is -2.06. The van der Waals surface area contributed by atoms with Crippen molar-refractivity contribution in [3.63, 3.8) is 0 Å². The number of nitrogens with one attached hydrogen (secondary N) is 1. The Balaban J connectivity index is 1.94. The summed E-state index contributed by atoms with van der Waals surface area (Å²) < 4.78 is 0. The van der Waals surface area contributed by atoms with Gasteiger partial charge in [-0.15, -0.1) is 0 Å². The van der Waals surface area contributed by atoms with Gasteiger partial charge in [0.15, 0.2) is 0 Å². The Kier molecular flexibility index (Phi) is 2.37. The fraction of sp³-hybridized carbons (Fsp3) is 0.500. The van der Waals surface area contributed by atoms with Crippen LogP contribution in [0.2, 0.25) is 0 Å². The van der Waals surface area contributed by atoms with Gasteiger partial charge >= 0.3 is 0 Å². The number of nitrogens with zero attached hydrogens (tertiary/aromatic N) is 1. The van der Waals surface area contributed by atoms with E-state index in [1.807, 2.05) is 12.4 Å². The van der Waals surface area contributed by atoms with Crippen LogP contribution in [0.5, 0.6) is 0 Å². The van der Waals surface area contributed by atoms with Gasteiger partial charge < -0.3 is 5.32 Å². The fourth-order valence-corrected chi connectivity index (χ4v) is 1.74. The van der Waals surface area contributed by atoms with Crippen molar-refractivity contribution in [1.82, 2.24) is 10.3 Å². The first kappa shape index (κ1) is 7.74. The van der Waals surface area contributed by atoms with Crippen LogP contribution in [0.4, 0.5) is 0 Å². The predicted molar refractivity (Wildman–Crippen MR) is 48.9 cm³/mol. The zero-order chi connectivity index (χ0) is 8.23. The van der Waals surface area contributed by atoms with Crippen molar-refractivity contribution in [2.45, 2.75) is 12.8 Å². The summed E-state index contributed by atoms with van der Waals surface area (Å²) in [5.41, 5.74) is 1.42. The van der Waals surface area contributed by atoms with Gasteiger partial charge in [-0.2, -0.15) is 0 Å². The van der Waals surface area contributed by atoms with E-state index in [4.69, 9.17) is 0 Å². The van der Waals surface area contributed by atoms with Gasteiger partial charge in [0.05, 0.1) is 0 Å². The van der Waals surface area contributed by atoms with Crippen LogP contribution in [0.3, 0.4) is 0 Å². The average molecular weight is 162 g/mol. The molecule has 12 heavy (non-hydrogen) atoms. The van der Waals surface area contributed by atoms with Gasteiger partial charge in [-0.3, -0.25) is 4.98 Å². The maximum absolute atomic E-state index is 4.00. The predicted octanol–water partition coefficient (Wildman–Crippen LogP) is 1.23. The van der Waals surface area contributed by atoms with E-state index in [2.05, 4.69) is 22.4 Å². The molecule has 1 fully saturated rings. The molecule has 2 heterocycles. The van der Waals surface area contributed by atoms with Gasteiger partial charge in [0.2, 0.25) is 0 Å². The smallest absolute Gasteiger partial charge is 0.0270 e. The summed E-state index contributed by atoms with van der Waals surface area (Å²) in [5, 5.41) is 3.38. The Morgan fingerprint density at radius 1 is 1.42 bits per heavy atom. The third-order valence-corrected chi connectivity index (χ3v) is 2.44. The van der Waals surface area contributed by atoms with Crippen molar-refractivity contribution in [2.75, 3.05) is 13.1 Å². The minimum atomic E-state index is 0.840. The highest BCUT2D eigenvalue weighted by Gasteiger charge is 2.14. The summed E-state index contributed by atoms with van der Waals surface area (Å²) in [4.78, 5) is 4.00. The third kappa shape index (κ3) is 1.83. The molecule has 2 nitrogen and oxygen atoms in total. The monoisotopic (exact) mass is 162 g/mol. The second-order valence-electron chi connectivity index (χ2n) is 3.42. The molecule has 1 aliphatic rings. The minimum Gasteiger partial charge on any atom is -0.316 e. The van der Waals surface area contributed by atoms with E-state index in [-0.39, 0.29) is 0 Å². The highest BCUT2D eigenvalue weighted by molar-refractivity contribution is 5.10. The number of hydrogen-bond acceptors (Lipinski definition) is 2.